The quantitative estimate of drug-likeness (QED) is 0.282. The molecule has 3 aromatic heterocycles. The standard InChI is InChI=1S/C27H28N2S2/c1-17(2)28-13-14-29-24-9-7-20(26-11-5-18(3)30-26)15-22(24)23-16-21(8-10-25(23)29)27-12-6-19(4)31-27/h5-12,15-17,28H,13-14H2,1-4H3. The van der Waals surface area contributed by atoms with Crippen molar-refractivity contribution in [2.24, 2.45) is 0 Å². The van der Waals surface area contributed by atoms with Crippen molar-refractivity contribution in [3.05, 3.63) is 70.4 Å². The Bertz CT molecular complexity index is 1270. The molecule has 2 nitrogen and oxygen atoms in total. The summed E-state index contributed by atoms with van der Waals surface area (Å²) in [5.41, 5.74) is 5.25. The molecule has 1 N–H and O–H groups in total. The summed E-state index contributed by atoms with van der Waals surface area (Å²) in [7, 11) is 0. The van der Waals surface area contributed by atoms with E-state index in [2.05, 4.69) is 98.2 Å². The third-order valence-corrected chi connectivity index (χ3v) is 7.90. The van der Waals surface area contributed by atoms with Crippen molar-refractivity contribution in [2.75, 3.05) is 6.54 Å². The number of rotatable bonds is 6. The Morgan fingerprint density at radius 1 is 0.742 bits per heavy atom. The second kappa shape index (κ2) is 8.27. The maximum atomic E-state index is 3.58. The maximum Gasteiger partial charge on any atom is 0.0492 e. The highest BCUT2D eigenvalue weighted by Gasteiger charge is 2.14. The lowest BCUT2D eigenvalue weighted by molar-refractivity contribution is 0.553. The highest BCUT2D eigenvalue weighted by atomic mass is 32.1. The molecule has 0 fully saturated rings. The molecule has 3 heterocycles. The Kier molecular flexibility index (Phi) is 5.47. The predicted molar refractivity (Wildman–Crippen MR) is 139 cm³/mol. The second-order valence-electron chi connectivity index (χ2n) is 8.54. The van der Waals surface area contributed by atoms with E-state index in [-0.39, 0.29) is 0 Å². The number of hydrogen-bond acceptors (Lipinski definition) is 3. The average Bonchev–Trinajstić information content (AvgIpc) is 3.45. The van der Waals surface area contributed by atoms with Gasteiger partial charge in [0.2, 0.25) is 0 Å². The molecule has 0 saturated heterocycles. The predicted octanol–water partition coefficient (Wildman–Crippen LogP) is 7.87. The Hall–Kier alpha value is -2.40. The molecule has 0 aliphatic rings. The molecule has 158 valence electrons. The molecular formula is C27H28N2S2. The van der Waals surface area contributed by atoms with Crippen molar-refractivity contribution < 1.29 is 0 Å². The molecule has 0 spiro atoms. The zero-order valence-corrected chi connectivity index (χ0v) is 20.2. The van der Waals surface area contributed by atoms with Crippen LogP contribution in [-0.2, 0) is 6.54 Å². The van der Waals surface area contributed by atoms with Crippen molar-refractivity contribution in [1.82, 2.24) is 9.88 Å². The van der Waals surface area contributed by atoms with E-state index in [0.717, 1.165) is 13.1 Å². The van der Waals surface area contributed by atoms with E-state index in [1.54, 1.807) is 0 Å². The van der Waals surface area contributed by atoms with Crippen LogP contribution in [0.15, 0.2) is 60.7 Å². The average molecular weight is 445 g/mol. The lowest BCUT2D eigenvalue weighted by Gasteiger charge is -2.11. The van der Waals surface area contributed by atoms with E-state index in [4.69, 9.17) is 0 Å². The first kappa shape index (κ1) is 20.5. The lowest BCUT2D eigenvalue weighted by atomic mass is 10.1. The van der Waals surface area contributed by atoms with Gasteiger partial charge in [-0.3, -0.25) is 0 Å². The fraction of sp³-hybridized carbons (Fsp3) is 0.259. The molecule has 5 aromatic rings. The number of aryl methyl sites for hydroxylation is 2. The number of fused-ring (bicyclic) bond motifs is 3. The summed E-state index contributed by atoms with van der Waals surface area (Å²) in [5, 5.41) is 6.27. The molecule has 5 rings (SSSR count). The van der Waals surface area contributed by atoms with Crippen LogP contribution in [0.5, 0.6) is 0 Å². The number of hydrogen-bond donors (Lipinski definition) is 1. The van der Waals surface area contributed by atoms with Gasteiger partial charge in [0.05, 0.1) is 0 Å². The lowest BCUT2D eigenvalue weighted by Crippen LogP contribution is -2.26. The van der Waals surface area contributed by atoms with Crippen LogP contribution in [0, 0.1) is 13.8 Å². The fourth-order valence-electron chi connectivity index (χ4n) is 4.30. The molecule has 4 heteroatoms. The van der Waals surface area contributed by atoms with E-state index < -0.39 is 0 Å². The van der Waals surface area contributed by atoms with E-state index in [1.165, 1.54) is 52.4 Å². The van der Waals surface area contributed by atoms with Gasteiger partial charge in [-0.25, -0.2) is 0 Å². The van der Waals surface area contributed by atoms with Crippen LogP contribution in [0.2, 0.25) is 0 Å². The van der Waals surface area contributed by atoms with Gasteiger partial charge >= 0.3 is 0 Å². The Morgan fingerprint density at radius 3 is 1.68 bits per heavy atom. The Balaban J connectivity index is 1.68. The summed E-state index contributed by atoms with van der Waals surface area (Å²) < 4.78 is 2.48. The van der Waals surface area contributed by atoms with Crippen LogP contribution < -0.4 is 5.32 Å². The molecule has 0 radical (unpaired) electrons. The van der Waals surface area contributed by atoms with Crippen LogP contribution in [0.4, 0.5) is 0 Å². The third-order valence-electron chi connectivity index (χ3n) is 5.80. The summed E-state index contributed by atoms with van der Waals surface area (Å²) in [6.07, 6.45) is 0. The van der Waals surface area contributed by atoms with Crippen molar-refractivity contribution >= 4 is 44.5 Å². The molecule has 0 aliphatic carbocycles. The minimum Gasteiger partial charge on any atom is -0.339 e. The van der Waals surface area contributed by atoms with Gasteiger partial charge in [-0.2, -0.15) is 0 Å². The number of aromatic nitrogens is 1. The van der Waals surface area contributed by atoms with Crippen molar-refractivity contribution in [3.8, 4) is 20.9 Å². The molecule has 0 unspecified atom stereocenters. The first-order valence-electron chi connectivity index (χ1n) is 10.9. The molecule has 0 aliphatic heterocycles. The van der Waals surface area contributed by atoms with Crippen LogP contribution in [0.3, 0.4) is 0 Å². The summed E-state index contributed by atoms with van der Waals surface area (Å²) in [6, 6.07) is 23.4. The number of nitrogens with zero attached hydrogens (tertiary/aromatic N) is 1. The van der Waals surface area contributed by atoms with Gasteiger partial charge in [0.1, 0.15) is 0 Å². The highest BCUT2D eigenvalue weighted by molar-refractivity contribution is 7.15. The van der Waals surface area contributed by atoms with Gasteiger partial charge in [0, 0.05) is 60.4 Å². The second-order valence-corrected chi connectivity index (χ2v) is 11.1. The highest BCUT2D eigenvalue weighted by Crippen LogP contribution is 2.37. The van der Waals surface area contributed by atoms with Gasteiger partial charge in [0.15, 0.2) is 0 Å². The zero-order chi connectivity index (χ0) is 21.5. The first-order valence-corrected chi connectivity index (χ1v) is 12.6. The molecule has 31 heavy (non-hydrogen) atoms. The Labute approximate surface area is 192 Å². The van der Waals surface area contributed by atoms with E-state index in [1.807, 2.05) is 22.7 Å². The van der Waals surface area contributed by atoms with Gasteiger partial charge in [0.25, 0.3) is 0 Å². The zero-order valence-electron chi connectivity index (χ0n) is 18.5. The monoisotopic (exact) mass is 444 g/mol. The summed E-state index contributed by atoms with van der Waals surface area (Å²) in [4.78, 5) is 5.39. The minimum atomic E-state index is 0.496. The van der Waals surface area contributed by atoms with E-state index in [9.17, 15) is 0 Å². The summed E-state index contributed by atoms with van der Waals surface area (Å²) in [6.45, 7) is 10.7. The largest absolute Gasteiger partial charge is 0.339 e. The van der Waals surface area contributed by atoms with E-state index in [0.29, 0.717) is 6.04 Å². The van der Waals surface area contributed by atoms with Crippen LogP contribution in [-0.4, -0.2) is 17.2 Å². The van der Waals surface area contributed by atoms with Crippen molar-refractivity contribution in [1.29, 1.82) is 0 Å². The van der Waals surface area contributed by atoms with Crippen LogP contribution >= 0.6 is 22.7 Å². The Morgan fingerprint density at radius 2 is 1.26 bits per heavy atom. The SMILES string of the molecule is Cc1ccc(-c2ccc3c(c2)c2cc(-c4ccc(C)s4)ccc2n3CCNC(C)C)s1. The molecule has 0 bridgehead atoms. The van der Waals surface area contributed by atoms with Gasteiger partial charge < -0.3 is 9.88 Å². The number of nitrogens with one attached hydrogen (secondary N) is 1. The van der Waals surface area contributed by atoms with Gasteiger partial charge in [-0.05, 0) is 73.5 Å². The minimum absolute atomic E-state index is 0.496. The first-order chi connectivity index (χ1) is 15.0. The van der Waals surface area contributed by atoms with Crippen molar-refractivity contribution in [3.63, 3.8) is 0 Å². The summed E-state index contributed by atoms with van der Waals surface area (Å²) >= 11 is 3.73. The molecule has 2 aromatic carbocycles. The molecule has 0 amide bonds. The van der Waals surface area contributed by atoms with Crippen molar-refractivity contribution in [2.45, 2.75) is 40.3 Å². The fourth-order valence-corrected chi connectivity index (χ4v) is 6.02. The smallest absolute Gasteiger partial charge is 0.0492 e. The topological polar surface area (TPSA) is 17.0 Å². The number of benzene rings is 2. The molecular weight excluding hydrogens is 416 g/mol. The maximum absolute atomic E-state index is 3.58. The summed E-state index contributed by atoms with van der Waals surface area (Å²) in [5.74, 6) is 0. The van der Waals surface area contributed by atoms with Gasteiger partial charge in [-0.15, -0.1) is 22.7 Å². The molecule has 0 atom stereocenters. The van der Waals surface area contributed by atoms with E-state index >= 15 is 0 Å². The number of thiophene rings is 2. The normalized spacial score (nSPS) is 11.9. The third kappa shape index (κ3) is 3.96. The van der Waals surface area contributed by atoms with Crippen LogP contribution in [0.25, 0.3) is 42.7 Å². The van der Waals surface area contributed by atoms with Crippen LogP contribution in [0.1, 0.15) is 23.6 Å². The van der Waals surface area contributed by atoms with Gasteiger partial charge in [-0.1, -0.05) is 26.0 Å². The molecule has 0 saturated carbocycles.